The number of ether oxygens (including phenoxy) is 1. The maximum Gasteiger partial charge on any atom is 0.330 e. The molecule has 20 heavy (non-hydrogen) atoms. The highest BCUT2D eigenvalue weighted by atomic mass is 35.5. The van der Waals surface area contributed by atoms with Crippen molar-refractivity contribution in [3.63, 3.8) is 0 Å². The molecule has 0 aromatic carbocycles. The van der Waals surface area contributed by atoms with E-state index in [0.29, 0.717) is 0 Å². The van der Waals surface area contributed by atoms with Crippen LogP contribution in [0, 0.1) is 21.4 Å². The highest BCUT2D eigenvalue weighted by Crippen LogP contribution is 2.26. The Morgan fingerprint density at radius 3 is 2.55 bits per heavy atom. The van der Waals surface area contributed by atoms with Gasteiger partial charge in [-0.05, 0) is 26.8 Å². The third kappa shape index (κ3) is 3.90. The zero-order valence-electron chi connectivity index (χ0n) is 11.1. The van der Waals surface area contributed by atoms with E-state index in [9.17, 15) is 14.9 Å². The molecule has 0 N–H and O–H groups in total. The van der Waals surface area contributed by atoms with Crippen LogP contribution in [0.1, 0.15) is 32.4 Å². The molecule has 0 saturated heterocycles. The van der Waals surface area contributed by atoms with Crippen LogP contribution < -0.4 is 0 Å². The Morgan fingerprint density at radius 2 is 2.15 bits per heavy atom. The van der Waals surface area contributed by atoms with Gasteiger partial charge in [0.1, 0.15) is 5.60 Å². The number of halogens is 1. The molecule has 0 amide bonds. The Morgan fingerprint density at radius 1 is 1.55 bits per heavy atom. The number of carbonyl (C=O) groups excluding carboxylic acids is 1. The molecule has 0 aliphatic heterocycles. The fourth-order valence-corrected chi connectivity index (χ4v) is 1.57. The summed E-state index contributed by atoms with van der Waals surface area (Å²) in [5.41, 5.74) is -1.13. The molecule has 0 fully saturated rings. The van der Waals surface area contributed by atoms with E-state index in [4.69, 9.17) is 21.6 Å². The zero-order chi connectivity index (χ0) is 15.5. The molecule has 0 aliphatic rings. The lowest BCUT2D eigenvalue weighted by atomic mass is 10.1. The van der Waals surface area contributed by atoms with Gasteiger partial charge in [-0.3, -0.25) is 14.9 Å². The number of rotatable bonds is 3. The third-order valence-corrected chi connectivity index (χ3v) is 2.39. The molecular weight excluding hydrogens is 286 g/mol. The standard InChI is InChI=1S/C12H12ClN3O4/c1-12(2,3)20-11(17)7(6-14)8-4-5-9(16(18)19)10(13)15-8/h4-5,7H,1-3H3. The van der Waals surface area contributed by atoms with E-state index in [-0.39, 0.29) is 10.8 Å². The molecule has 1 heterocycles. The maximum absolute atomic E-state index is 11.9. The highest BCUT2D eigenvalue weighted by Gasteiger charge is 2.29. The first kappa shape index (κ1) is 15.9. The average molecular weight is 298 g/mol. The van der Waals surface area contributed by atoms with Crippen molar-refractivity contribution in [2.24, 2.45) is 0 Å². The number of nitrogens with zero attached hydrogens (tertiary/aromatic N) is 3. The van der Waals surface area contributed by atoms with Gasteiger partial charge in [0.15, 0.2) is 5.92 Å². The number of carbonyl (C=O) groups is 1. The smallest absolute Gasteiger partial charge is 0.330 e. The lowest BCUT2D eigenvalue weighted by molar-refractivity contribution is -0.385. The fraction of sp³-hybridized carbons (Fsp3) is 0.417. The molecule has 0 radical (unpaired) electrons. The largest absolute Gasteiger partial charge is 0.459 e. The van der Waals surface area contributed by atoms with Gasteiger partial charge in [-0.15, -0.1) is 0 Å². The van der Waals surface area contributed by atoms with Crippen LogP contribution >= 0.6 is 11.6 Å². The molecule has 1 aromatic rings. The molecule has 7 nitrogen and oxygen atoms in total. The second-order valence-electron chi connectivity index (χ2n) is 4.90. The summed E-state index contributed by atoms with van der Waals surface area (Å²) >= 11 is 5.65. The predicted molar refractivity (Wildman–Crippen MR) is 70.1 cm³/mol. The SMILES string of the molecule is CC(C)(C)OC(=O)C(C#N)c1ccc([N+](=O)[O-])c(Cl)n1. The first-order chi connectivity index (χ1) is 9.15. The van der Waals surface area contributed by atoms with Crippen LogP contribution in [-0.2, 0) is 9.53 Å². The minimum Gasteiger partial charge on any atom is -0.459 e. The van der Waals surface area contributed by atoms with E-state index in [1.807, 2.05) is 0 Å². The summed E-state index contributed by atoms with van der Waals surface area (Å²) in [7, 11) is 0. The normalized spacial score (nSPS) is 12.3. The van der Waals surface area contributed by atoms with E-state index in [1.165, 1.54) is 6.07 Å². The van der Waals surface area contributed by atoms with Crippen LogP contribution in [0.3, 0.4) is 0 Å². The Kier molecular flexibility index (Phi) is 4.63. The number of nitro groups is 1. The van der Waals surface area contributed by atoms with Crippen molar-refractivity contribution in [2.75, 3.05) is 0 Å². The van der Waals surface area contributed by atoms with Crippen molar-refractivity contribution >= 4 is 23.3 Å². The number of nitriles is 1. The van der Waals surface area contributed by atoms with Crippen molar-refractivity contribution in [1.29, 1.82) is 5.26 Å². The Bertz CT molecular complexity index is 589. The van der Waals surface area contributed by atoms with Crippen LogP contribution in [0.25, 0.3) is 0 Å². The summed E-state index contributed by atoms with van der Waals surface area (Å²) in [5, 5.41) is 19.3. The minimum atomic E-state index is -1.28. The Labute approximate surface area is 120 Å². The van der Waals surface area contributed by atoms with Crippen molar-refractivity contribution in [3.05, 3.63) is 33.1 Å². The molecule has 106 valence electrons. The Balaban J connectivity index is 3.09. The van der Waals surface area contributed by atoms with Crippen LogP contribution in [0.4, 0.5) is 5.69 Å². The first-order valence-corrected chi connectivity index (χ1v) is 5.97. The second-order valence-corrected chi connectivity index (χ2v) is 5.26. The summed E-state index contributed by atoms with van der Waals surface area (Å²) < 4.78 is 5.08. The van der Waals surface area contributed by atoms with Crippen LogP contribution in [0.5, 0.6) is 0 Å². The van der Waals surface area contributed by atoms with Gasteiger partial charge < -0.3 is 4.74 Å². The number of esters is 1. The van der Waals surface area contributed by atoms with Gasteiger partial charge in [-0.2, -0.15) is 5.26 Å². The summed E-state index contributed by atoms with van der Waals surface area (Å²) in [5.74, 6) is -2.06. The third-order valence-electron chi connectivity index (χ3n) is 2.11. The van der Waals surface area contributed by atoms with Crippen LogP contribution in [-0.4, -0.2) is 21.5 Å². The first-order valence-electron chi connectivity index (χ1n) is 5.59. The molecule has 0 bridgehead atoms. The van der Waals surface area contributed by atoms with Crippen molar-refractivity contribution in [2.45, 2.75) is 32.3 Å². The monoisotopic (exact) mass is 297 g/mol. The molecule has 0 aliphatic carbocycles. The maximum atomic E-state index is 11.9. The molecule has 1 rings (SSSR count). The van der Waals surface area contributed by atoms with E-state index in [1.54, 1.807) is 26.8 Å². The second kappa shape index (κ2) is 5.84. The molecule has 1 unspecified atom stereocenters. The van der Waals surface area contributed by atoms with Crippen molar-refractivity contribution in [1.82, 2.24) is 4.98 Å². The summed E-state index contributed by atoms with van der Waals surface area (Å²) in [4.78, 5) is 25.5. The summed E-state index contributed by atoms with van der Waals surface area (Å²) in [6.45, 7) is 4.99. The van der Waals surface area contributed by atoms with E-state index in [0.717, 1.165) is 6.07 Å². The zero-order valence-corrected chi connectivity index (χ0v) is 11.8. The number of aromatic nitrogens is 1. The molecular formula is C12H12ClN3O4. The molecule has 1 aromatic heterocycles. The lowest BCUT2D eigenvalue weighted by Crippen LogP contribution is -2.27. The van der Waals surface area contributed by atoms with Gasteiger partial charge in [0, 0.05) is 6.07 Å². The number of hydrogen-bond acceptors (Lipinski definition) is 6. The van der Waals surface area contributed by atoms with Gasteiger partial charge in [0.05, 0.1) is 16.7 Å². The van der Waals surface area contributed by atoms with Gasteiger partial charge >= 0.3 is 11.7 Å². The molecule has 8 heteroatoms. The minimum absolute atomic E-state index is 0.0114. The Hall–Kier alpha value is -2.20. The van der Waals surface area contributed by atoms with Gasteiger partial charge in [-0.25, -0.2) is 4.98 Å². The summed E-state index contributed by atoms with van der Waals surface area (Å²) in [6.07, 6.45) is 0. The van der Waals surface area contributed by atoms with E-state index < -0.39 is 28.1 Å². The fourth-order valence-electron chi connectivity index (χ4n) is 1.34. The number of hydrogen-bond donors (Lipinski definition) is 0. The van der Waals surface area contributed by atoms with Crippen molar-refractivity contribution < 1.29 is 14.5 Å². The molecule has 0 spiro atoms. The van der Waals surface area contributed by atoms with Gasteiger partial charge in [0.25, 0.3) is 0 Å². The highest BCUT2D eigenvalue weighted by molar-refractivity contribution is 6.31. The van der Waals surface area contributed by atoms with Gasteiger partial charge in [0.2, 0.25) is 5.15 Å². The van der Waals surface area contributed by atoms with Crippen LogP contribution in [0.2, 0.25) is 5.15 Å². The van der Waals surface area contributed by atoms with Gasteiger partial charge in [-0.1, -0.05) is 11.6 Å². The van der Waals surface area contributed by atoms with Crippen molar-refractivity contribution in [3.8, 4) is 6.07 Å². The molecule has 1 atom stereocenters. The predicted octanol–water partition coefficient (Wildman–Crippen LogP) is 2.59. The van der Waals surface area contributed by atoms with E-state index >= 15 is 0 Å². The summed E-state index contributed by atoms with van der Waals surface area (Å²) in [6, 6.07) is 4.06. The molecule has 0 saturated carbocycles. The number of pyridine rings is 1. The van der Waals surface area contributed by atoms with Crippen LogP contribution in [0.15, 0.2) is 12.1 Å². The van der Waals surface area contributed by atoms with E-state index in [2.05, 4.69) is 4.98 Å². The topological polar surface area (TPSA) is 106 Å². The average Bonchev–Trinajstić information content (AvgIpc) is 2.26. The lowest BCUT2D eigenvalue weighted by Gasteiger charge is -2.21. The quantitative estimate of drug-likeness (QED) is 0.367.